The first-order valence-corrected chi connectivity index (χ1v) is 8.47. The number of nitrogens with zero attached hydrogens (tertiary/aromatic N) is 5. The highest BCUT2D eigenvalue weighted by atomic mass is 19.1. The zero-order valence-electron chi connectivity index (χ0n) is 14.5. The molecular formula is C18H18FN5O2. The summed E-state index contributed by atoms with van der Waals surface area (Å²) in [7, 11) is 1.59. The maximum absolute atomic E-state index is 13.4. The van der Waals surface area contributed by atoms with Crippen LogP contribution in [0.25, 0.3) is 11.2 Å². The molecule has 8 heteroatoms. The molecule has 2 aromatic heterocycles. The molecule has 7 nitrogen and oxygen atoms in total. The first-order chi connectivity index (χ1) is 12.5. The monoisotopic (exact) mass is 355 g/mol. The number of carbonyl (C=O) groups excluding carboxylic acids is 1. The largest absolute Gasteiger partial charge is 0.338 e. The van der Waals surface area contributed by atoms with Gasteiger partial charge in [-0.25, -0.2) is 23.9 Å². The summed E-state index contributed by atoms with van der Waals surface area (Å²) in [5.74, 6) is 0.355. The minimum absolute atomic E-state index is 0.0705. The van der Waals surface area contributed by atoms with E-state index in [9.17, 15) is 14.0 Å². The Hall–Kier alpha value is -3.03. The van der Waals surface area contributed by atoms with Crippen molar-refractivity contribution in [3.8, 4) is 0 Å². The van der Waals surface area contributed by atoms with Crippen molar-refractivity contribution in [3.63, 3.8) is 0 Å². The highest BCUT2D eigenvalue weighted by molar-refractivity contribution is 5.87. The van der Waals surface area contributed by atoms with Gasteiger partial charge in [0.25, 0.3) is 0 Å². The quantitative estimate of drug-likeness (QED) is 0.704. The van der Waals surface area contributed by atoms with Crippen molar-refractivity contribution in [3.05, 3.63) is 58.2 Å². The lowest BCUT2D eigenvalue weighted by atomic mass is 9.92. The molecule has 1 aliphatic heterocycles. The lowest BCUT2D eigenvalue weighted by Crippen LogP contribution is -2.52. The Morgan fingerprint density at radius 2 is 2.12 bits per heavy atom. The van der Waals surface area contributed by atoms with Gasteiger partial charge in [0, 0.05) is 32.5 Å². The lowest BCUT2D eigenvalue weighted by molar-refractivity contribution is 0.152. The molecule has 0 N–H and O–H groups in total. The SMILES string of the molecule is CCc1ncc2c(n1)n(C(=O)N1CC(c3cccc(F)c3)C1)c(=O)n2C. The van der Waals surface area contributed by atoms with E-state index in [0.717, 1.165) is 10.1 Å². The van der Waals surface area contributed by atoms with Crippen molar-refractivity contribution in [1.82, 2.24) is 24.0 Å². The van der Waals surface area contributed by atoms with E-state index in [1.54, 1.807) is 24.2 Å². The van der Waals surface area contributed by atoms with Crippen LogP contribution in [0.2, 0.25) is 0 Å². The fraction of sp³-hybridized carbons (Fsp3) is 0.333. The number of rotatable bonds is 2. The molecule has 0 spiro atoms. The summed E-state index contributed by atoms with van der Waals surface area (Å²) >= 11 is 0. The van der Waals surface area contributed by atoms with Gasteiger partial charge in [-0.3, -0.25) is 4.57 Å². The Labute approximate surface area is 148 Å². The first kappa shape index (κ1) is 16.4. The third-order valence-electron chi connectivity index (χ3n) is 4.83. The van der Waals surface area contributed by atoms with Gasteiger partial charge in [0.15, 0.2) is 5.65 Å². The number of amides is 1. The van der Waals surface area contributed by atoms with Crippen LogP contribution in [0, 0.1) is 5.82 Å². The zero-order valence-corrected chi connectivity index (χ0v) is 14.5. The second kappa shape index (κ2) is 6.05. The van der Waals surface area contributed by atoms with Crippen LogP contribution in [-0.2, 0) is 13.5 Å². The van der Waals surface area contributed by atoms with Gasteiger partial charge in [-0.05, 0) is 17.7 Å². The summed E-state index contributed by atoms with van der Waals surface area (Å²) in [5.41, 5.74) is 1.25. The van der Waals surface area contributed by atoms with Crippen molar-refractivity contribution >= 4 is 17.2 Å². The summed E-state index contributed by atoms with van der Waals surface area (Å²) in [6.45, 7) is 2.79. The van der Waals surface area contributed by atoms with E-state index in [1.165, 1.54) is 16.7 Å². The molecule has 134 valence electrons. The number of aryl methyl sites for hydroxylation is 2. The predicted molar refractivity (Wildman–Crippen MR) is 93.7 cm³/mol. The number of carbonyl (C=O) groups is 1. The van der Waals surface area contributed by atoms with E-state index in [0.29, 0.717) is 36.5 Å². The number of halogens is 1. The fourth-order valence-electron chi connectivity index (χ4n) is 3.24. The Morgan fingerprint density at radius 3 is 2.81 bits per heavy atom. The highest BCUT2D eigenvalue weighted by Crippen LogP contribution is 2.28. The smallest absolute Gasteiger partial charge is 0.323 e. The van der Waals surface area contributed by atoms with Gasteiger partial charge in [0.2, 0.25) is 0 Å². The van der Waals surface area contributed by atoms with Crippen LogP contribution < -0.4 is 5.69 Å². The Bertz CT molecular complexity index is 1070. The molecule has 1 fully saturated rings. The number of hydrogen-bond acceptors (Lipinski definition) is 4. The summed E-state index contributed by atoms with van der Waals surface area (Å²) in [6, 6.07) is 5.98. The van der Waals surface area contributed by atoms with Gasteiger partial charge in [0.1, 0.15) is 17.2 Å². The molecule has 4 rings (SSSR count). The number of likely N-dealkylation sites (tertiary alicyclic amines) is 1. The number of aromatic nitrogens is 4. The van der Waals surface area contributed by atoms with Crippen LogP contribution in [0.5, 0.6) is 0 Å². The molecule has 1 amide bonds. The van der Waals surface area contributed by atoms with Gasteiger partial charge in [-0.1, -0.05) is 19.1 Å². The number of imidazole rings is 1. The lowest BCUT2D eigenvalue weighted by Gasteiger charge is -2.39. The van der Waals surface area contributed by atoms with E-state index in [-0.39, 0.29) is 11.7 Å². The first-order valence-electron chi connectivity index (χ1n) is 8.47. The standard InChI is InChI=1S/C18H18FN5O2/c1-3-15-20-8-14-16(21-15)24(17(25)22(14)2)18(26)23-9-12(10-23)11-5-4-6-13(19)7-11/h4-8,12H,3,9-10H2,1-2H3. The second-order valence-electron chi connectivity index (χ2n) is 6.47. The van der Waals surface area contributed by atoms with Crippen molar-refractivity contribution in [1.29, 1.82) is 0 Å². The number of hydrogen-bond donors (Lipinski definition) is 0. The third kappa shape index (κ3) is 2.49. The van der Waals surface area contributed by atoms with Crippen molar-refractivity contribution in [2.24, 2.45) is 7.05 Å². The van der Waals surface area contributed by atoms with E-state index >= 15 is 0 Å². The molecular weight excluding hydrogens is 337 g/mol. The molecule has 0 unspecified atom stereocenters. The van der Waals surface area contributed by atoms with E-state index in [2.05, 4.69) is 9.97 Å². The normalized spacial score (nSPS) is 14.7. The fourth-order valence-corrected chi connectivity index (χ4v) is 3.24. The Kier molecular flexibility index (Phi) is 3.82. The van der Waals surface area contributed by atoms with Gasteiger partial charge >= 0.3 is 11.7 Å². The second-order valence-corrected chi connectivity index (χ2v) is 6.47. The maximum Gasteiger partial charge on any atom is 0.338 e. The number of fused-ring (bicyclic) bond motifs is 1. The Morgan fingerprint density at radius 1 is 1.35 bits per heavy atom. The maximum atomic E-state index is 13.4. The number of benzene rings is 1. The van der Waals surface area contributed by atoms with E-state index < -0.39 is 11.7 Å². The molecule has 0 aliphatic carbocycles. The molecule has 1 aliphatic rings. The van der Waals surface area contributed by atoms with Crippen LogP contribution >= 0.6 is 0 Å². The molecule has 0 radical (unpaired) electrons. The molecule has 0 atom stereocenters. The van der Waals surface area contributed by atoms with Crippen LogP contribution in [-0.4, -0.2) is 43.1 Å². The Balaban J connectivity index is 1.63. The zero-order chi connectivity index (χ0) is 18.4. The minimum Gasteiger partial charge on any atom is -0.323 e. The average molecular weight is 355 g/mol. The molecule has 3 heterocycles. The summed E-state index contributed by atoms with van der Waals surface area (Å²) in [6.07, 6.45) is 2.18. The van der Waals surface area contributed by atoms with Crippen molar-refractivity contribution < 1.29 is 9.18 Å². The molecule has 1 saturated heterocycles. The van der Waals surface area contributed by atoms with Crippen LogP contribution in [0.1, 0.15) is 24.2 Å². The summed E-state index contributed by atoms with van der Waals surface area (Å²) in [4.78, 5) is 35.5. The van der Waals surface area contributed by atoms with Gasteiger partial charge in [-0.15, -0.1) is 0 Å². The van der Waals surface area contributed by atoms with E-state index in [4.69, 9.17) is 0 Å². The topological polar surface area (TPSA) is 73.0 Å². The van der Waals surface area contributed by atoms with Crippen LogP contribution in [0.3, 0.4) is 0 Å². The van der Waals surface area contributed by atoms with Crippen molar-refractivity contribution in [2.75, 3.05) is 13.1 Å². The molecule has 0 bridgehead atoms. The molecule has 0 saturated carbocycles. The van der Waals surface area contributed by atoms with Crippen molar-refractivity contribution in [2.45, 2.75) is 19.3 Å². The summed E-state index contributed by atoms with van der Waals surface area (Å²) in [5, 5.41) is 0. The summed E-state index contributed by atoms with van der Waals surface area (Å²) < 4.78 is 15.8. The van der Waals surface area contributed by atoms with Gasteiger partial charge in [-0.2, -0.15) is 4.57 Å². The molecule has 1 aromatic carbocycles. The highest BCUT2D eigenvalue weighted by Gasteiger charge is 2.34. The van der Waals surface area contributed by atoms with Gasteiger partial charge < -0.3 is 4.90 Å². The van der Waals surface area contributed by atoms with Gasteiger partial charge in [0.05, 0.1) is 6.20 Å². The predicted octanol–water partition coefficient (Wildman–Crippen LogP) is 1.90. The van der Waals surface area contributed by atoms with Crippen LogP contribution in [0.15, 0.2) is 35.3 Å². The third-order valence-corrected chi connectivity index (χ3v) is 4.83. The molecule has 26 heavy (non-hydrogen) atoms. The molecule has 3 aromatic rings. The minimum atomic E-state index is -0.443. The van der Waals surface area contributed by atoms with Crippen LogP contribution in [0.4, 0.5) is 9.18 Å². The van der Waals surface area contributed by atoms with E-state index in [1.807, 2.05) is 13.0 Å². The average Bonchev–Trinajstić information content (AvgIpc) is 2.84.